The van der Waals surface area contributed by atoms with Gasteiger partial charge in [-0.25, -0.2) is 9.59 Å². The Kier molecular flexibility index (Phi) is 10.0. The number of unbranched alkanes of at least 4 members (excludes halogenated alkanes) is 1. The number of nitrogens with zero attached hydrogens (tertiary/aromatic N) is 1. The zero-order chi connectivity index (χ0) is 28.8. The molecule has 40 heavy (non-hydrogen) atoms. The lowest BCUT2D eigenvalue weighted by atomic mass is 10.1. The van der Waals surface area contributed by atoms with Crippen LogP contribution in [0, 0.1) is 7.14 Å². The molecule has 4 rings (SSSR count). The van der Waals surface area contributed by atoms with E-state index in [1.165, 1.54) is 4.90 Å². The molecule has 0 bridgehead atoms. The highest BCUT2D eigenvalue weighted by molar-refractivity contribution is 14.1. The molecule has 0 saturated heterocycles. The molecule has 3 N–H and O–H groups in total. The van der Waals surface area contributed by atoms with Gasteiger partial charge in [-0.1, -0.05) is 13.3 Å². The Balaban J connectivity index is 1.68. The predicted octanol–water partition coefficient (Wildman–Crippen LogP) is 7.25. The molecule has 9 nitrogen and oxygen atoms in total. The first-order chi connectivity index (χ1) is 19.2. The van der Waals surface area contributed by atoms with Crippen molar-refractivity contribution < 1.29 is 33.3 Å². The van der Waals surface area contributed by atoms with Gasteiger partial charge in [0.15, 0.2) is 12.4 Å². The summed E-state index contributed by atoms with van der Waals surface area (Å²) in [6, 6.07) is 15.7. The van der Waals surface area contributed by atoms with E-state index in [1.54, 1.807) is 37.4 Å². The number of carboxylic acid groups (broad SMARTS) is 1. The van der Waals surface area contributed by atoms with Gasteiger partial charge in [-0.3, -0.25) is 4.90 Å². The summed E-state index contributed by atoms with van der Waals surface area (Å²) in [7, 11) is 1.58. The van der Waals surface area contributed by atoms with Crippen molar-refractivity contribution in [3.05, 3.63) is 73.1 Å². The lowest BCUT2D eigenvalue weighted by molar-refractivity contribution is -0.139. The van der Waals surface area contributed by atoms with E-state index < -0.39 is 18.6 Å². The van der Waals surface area contributed by atoms with Crippen LogP contribution < -0.4 is 24.8 Å². The Bertz CT molecular complexity index is 1500. The molecule has 0 spiro atoms. The highest BCUT2D eigenvalue weighted by Gasteiger charge is 2.21. The van der Waals surface area contributed by atoms with E-state index in [2.05, 4.69) is 52.1 Å². The second-order valence-electron chi connectivity index (χ2n) is 8.87. The molecule has 1 aromatic heterocycles. The summed E-state index contributed by atoms with van der Waals surface area (Å²) in [5.41, 5.74) is 8.50. The van der Waals surface area contributed by atoms with Crippen molar-refractivity contribution in [2.75, 3.05) is 18.6 Å². The van der Waals surface area contributed by atoms with E-state index in [4.69, 9.17) is 29.5 Å². The highest BCUT2D eigenvalue weighted by Crippen LogP contribution is 2.39. The summed E-state index contributed by atoms with van der Waals surface area (Å²) in [6.07, 6.45) is 2.61. The minimum absolute atomic E-state index is 0.251. The molecule has 0 aliphatic carbocycles. The van der Waals surface area contributed by atoms with Crippen LogP contribution in [0.15, 0.2) is 59.0 Å². The largest absolute Gasteiger partial charge is 0.497 e. The fraction of sp³-hybridized carbons (Fsp3) is 0.241. The number of primary amides is 1. The van der Waals surface area contributed by atoms with Gasteiger partial charge in [-0.2, -0.15) is 0 Å². The van der Waals surface area contributed by atoms with Crippen LogP contribution in [0.3, 0.4) is 0 Å². The van der Waals surface area contributed by atoms with Gasteiger partial charge in [0.25, 0.3) is 0 Å². The molecule has 3 aromatic carbocycles. The second-order valence-corrected chi connectivity index (χ2v) is 11.2. The molecule has 0 saturated carbocycles. The van der Waals surface area contributed by atoms with E-state index in [1.807, 2.05) is 24.3 Å². The van der Waals surface area contributed by atoms with Crippen LogP contribution >= 0.6 is 45.2 Å². The van der Waals surface area contributed by atoms with Crippen molar-refractivity contribution in [3.63, 3.8) is 0 Å². The monoisotopic (exact) mass is 770 g/mol. The molecule has 210 valence electrons. The fourth-order valence-corrected chi connectivity index (χ4v) is 6.38. The van der Waals surface area contributed by atoms with Gasteiger partial charge in [0.05, 0.1) is 31.0 Å². The van der Waals surface area contributed by atoms with Crippen molar-refractivity contribution in [2.45, 2.75) is 32.8 Å². The van der Waals surface area contributed by atoms with Crippen LogP contribution in [0.2, 0.25) is 0 Å². The molecule has 2 amide bonds. The summed E-state index contributed by atoms with van der Waals surface area (Å²) < 4.78 is 24.8. The molecule has 0 fully saturated rings. The average molecular weight is 770 g/mol. The van der Waals surface area contributed by atoms with Crippen molar-refractivity contribution in [1.29, 1.82) is 0 Å². The minimum atomic E-state index is -1.04. The van der Waals surface area contributed by atoms with Crippen LogP contribution in [0.1, 0.15) is 31.1 Å². The van der Waals surface area contributed by atoms with Crippen molar-refractivity contribution >= 4 is 79.5 Å². The number of carbonyl (C=O) groups is 2. The first-order valence-corrected chi connectivity index (χ1v) is 14.6. The average Bonchev–Trinajstić information content (AvgIpc) is 3.27. The summed E-state index contributed by atoms with van der Waals surface area (Å²) >= 11 is 4.25. The molecule has 0 aliphatic rings. The van der Waals surface area contributed by atoms with Crippen molar-refractivity contribution in [1.82, 2.24) is 0 Å². The van der Waals surface area contributed by atoms with Gasteiger partial charge >= 0.3 is 12.0 Å². The molecule has 4 aromatic rings. The number of anilines is 2. The number of amides is 2. The Labute approximate surface area is 258 Å². The third kappa shape index (κ3) is 6.92. The lowest BCUT2D eigenvalue weighted by Gasteiger charge is -2.21. The van der Waals surface area contributed by atoms with E-state index in [-0.39, 0.29) is 6.61 Å². The summed E-state index contributed by atoms with van der Waals surface area (Å²) in [4.78, 5) is 24.9. The zero-order valence-corrected chi connectivity index (χ0v) is 26.2. The quantitative estimate of drug-likeness (QED) is 0.146. The fourth-order valence-electron chi connectivity index (χ4n) is 4.17. The number of benzene rings is 3. The lowest BCUT2D eigenvalue weighted by Crippen LogP contribution is -2.31. The number of hydrogen-bond donors (Lipinski definition) is 2. The normalized spacial score (nSPS) is 10.9. The number of nitrogens with two attached hydrogens (primary N) is 1. The molecular formula is C29H28I2N2O7. The number of halogens is 2. The maximum atomic E-state index is 12.5. The van der Waals surface area contributed by atoms with Gasteiger partial charge in [0.1, 0.15) is 29.4 Å². The number of ether oxygens (including phenoxy) is 3. The van der Waals surface area contributed by atoms with Gasteiger partial charge in [-0.15, -0.1) is 0 Å². The predicted molar refractivity (Wildman–Crippen MR) is 169 cm³/mol. The third-order valence-corrected chi connectivity index (χ3v) is 7.64. The smallest absolute Gasteiger partial charge is 0.341 e. The molecule has 0 atom stereocenters. The molecule has 0 unspecified atom stereocenters. The molecule has 1 heterocycles. The minimum Gasteiger partial charge on any atom is -0.497 e. The Hall–Kier alpha value is -3.20. The summed E-state index contributed by atoms with van der Waals surface area (Å²) in [6.45, 7) is 1.95. The number of aryl methyl sites for hydroxylation is 1. The van der Waals surface area contributed by atoms with Crippen LogP contribution in [-0.4, -0.2) is 30.8 Å². The number of carbonyl (C=O) groups excluding carboxylic acids is 1. The number of furan rings is 1. The van der Waals surface area contributed by atoms with Crippen LogP contribution in [-0.2, 0) is 17.8 Å². The topological polar surface area (TPSA) is 124 Å². The number of hydrogen-bond acceptors (Lipinski definition) is 6. The van der Waals surface area contributed by atoms with Crippen LogP contribution in [0.5, 0.6) is 17.2 Å². The Morgan fingerprint density at radius 2 is 1.65 bits per heavy atom. The maximum absolute atomic E-state index is 12.5. The standard InChI is InChI=1S/C29H28I2N2O7/c1-3-4-5-25-27(38-15-17-12-22(30)28(23(31)13-17)39-16-26(34)35)21-14-19(8-11-24(21)40-25)33(29(32)36)18-6-9-20(37-2)10-7-18/h6-14H,3-5,15-16H2,1-2H3,(H2,32,36)(H,34,35). The number of fused-ring (bicyclic) bond motifs is 1. The molecule has 0 aliphatic heterocycles. The number of carboxylic acids is 1. The number of methoxy groups -OCH3 is 1. The first-order valence-electron chi connectivity index (χ1n) is 12.5. The Morgan fingerprint density at radius 1 is 0.975 bits per heavy atom. The van der Waals surface area contributed by atoms with E-state index in [0.29, 0.717) is 40.6 Å². The van der Waals surface area contributed by atoms with Gasteiger partial charge < -0.3 is 29.5 Å². The SMILES string of the molecule is CCCCc1oc2ccc(N(C(N)=O)c3ccc(OC)cc3)cc2c1OCc1cc(I)c(OCC(=O)O)c(I)c1. The zero-order valence-electron chi connectivity index (χ0n) is 21.9. The summed E-state index contributed by atoms with van der Waals surface area (Å²) in [5, 5.41) is 9.68. The Morgan fingerprint density at radius 3 is 2.25 bits per heavy atom. The molecule has 11 heteroatoms. The van der Waals surface area contributed by atoms with Crippen LogP contribution in [0.25, 0.3) is 11.0 Å². The van der Waals surface area contributed by atoms with E-state index in [9.17, 15) is 9.59 Å². The number of rotatable bonds is 12. The van der Waals surface area contributed by atoms with Gasteiger partial charge in [0, 0.05) is 6.42 Å². The third-order valence-electron chi connectivity index (χ3n) is 6.04. The van der Waals surface area contributed by atoms with Crippen molar-refractivity contribution in [2.24, 2.45) is 5.73 Å². The van der Waals surface area contributed by atoms with E-state index >= 15 is 0 Å². The maximum Gasteiger partial charge on any atom is 0.341 e. The molecule has 0 radical (unpaired) electrons. The van der Waals surface area contributed by atoms with Crippen molar-refractivity contribution in [3.8, 4) is 17.2 Å². The molecular weight excluding hydrogens is 742 g/mol. The number of aliphatic carboxylic acids is 1. The number of urea groups is 1. The van der Waals surface area contributed by atoms with Gasteiger partial charge in [0.2, 0.25) is 0 Å². The van der Waals surface area contributed by atoms with Gasteiger partial charge in [-0.05, 0) is 112 Å². The van der Waals surface area contributed by atoms with Crippen LogP contribution in [0.4, 0.5) is 16.2 Å². The highest BCUT2D eigenvalue weighted by atomic mass is 127. The van der Waals surface area contributed by atoms with E-state index in [0.717, 1.165) is 36.7 Å². The second kappa shape index (κ2) is 13.4. The summed E-state index contributed by atoms with van der Waals surface area (Å²) in [5.74, 6) is 1.50. The first kappa shape index (κ1) is 29.8.